The summed E-state index contributed by atoms with van der Waals surface area (Å²) < 4.78 is 29.0. The van der Waals surface area contributed by atoms with Crippen LogP contribution in [0.25, 0.3) is 0 Å². The molecule has 0 radical (unpaired) electrons. The molecule has 1 fully saturated rings. The Morgan fingerprint density at radius 3 is 2.58 bits per heavy atom. The van der Waals surface area contributed by atoms with Crippen molar-refractivity contribution in [2.45, 2.75) is 37.8 Å². The van der Waals surface area contributed by atoms with Gasteiger partial charge in [0.25, 0.3) is 0 Å². The maximum absolute atomic E-state index is 12.3. The van der Waals surface area contributed by atoms with Crippen LogP contribution in [0.4, 0.5) is 0 Å². The van der Waals surface area contributed by atoms with Gasteiger partial charge in [-0.1, -0.05) is 6.92 Å². The summed E-state index contributed by atoms with van der Waals surface area (Å²) in [7, 11) is -1.47. The number of nitrogens with one attached hydrogen (secondary N) is 1. The molecular weight excluding hydrogens is 264 g/mol. The number of likely N-dealkylation sites (N-methyl/N-ethyl adjacent to an activating group) is 1. The first kappa shape index (κ1) is 14.5. The third-order valence-electron chi connectivity index (χ3n) is 3.52. The zero-order chi connectivity index (χ0) is 14.2. The molecule has 2 rings (SSSR count). The van der Waals surface area contributed by atoms with Crippen molar-refractivity contribution >= 4 is 10.0 Å². The van der Waals surface area contributed by atoms with E-state index in [2.05, 4.69) is 21.6 Å². The predicted octanol–water partition coefficient (Wildman–Crippen LogP) is 0.692. The fraction of sp³-hybridized carbons (Fsp3) is 0.750. The van der Waals surface area contributed by atoms with Crippen molar-refractivity contribution in [3.05, 3.63) is 12.4 Å². The second kappa shape index (κ2) is 5.22. The number of hydrogen-bond acceptors (Lipinski definition) is 4. The van der Waals surface area contributed by atoms with Gasteiger partial charge >= 0.3 is 0 Å². The van der Waals surface area contributed by atoms with Gasteiger partial charge in [-0.3, -0.25) is 4.68 Å². The Morgan fingerprint density at radius 2 is 2.11 bits per heavy atom. The van der Waals surface area contributed by atoms with Crippen LogP contribution in [0.1, 0.15) is 26.8 Å². The monoisotopic (exact) mass is 286 g/mol. The van der Waals surface area contributed by atoms with Crippen LogP contribution < -0.4 is 4.72 Å². The molecule has 1 N–H and O–H groups in total. The van der Waals surface area contributed by atoms with E-state index in [4.69, 9.17) is 0 Å². The van der Waals surface area contributed by atoms with E-state index in [0.29, 0.717) is 5.92 Å². The van der Waals surface area contributed by atoms with E-state index in [1.165, 1.54) is 6.20 Å². The largest absolute Gasteiger partial charge is 0.304 e. The normalized spacial score (nSPS) is 25.3. The van der Waals surface area contributed by atoms with E-state index >= 15 is 0 Å². The summed E-state index contributed by atoms with van der Waals surface area (Å²) in [4.78, 5) is 2.37. The number of hydrogen-bond donors (Lipinski definition) is 1. The Bertz CT molecular complexity index is 538. The van der Waals surface area contributed by atoms with Crippen molar-refractivity contribution < 1.29 is 8.42 Å². The Kier molecular flexibility index (Phi) is 3.98. The molecule has 0 aromatic carbocycles. The molecule has 0 spiro atoms. The van der Waals surface area contributed by atoms with Crippen LogP contribution >= 0.6 is 0 Å². The van der Waals surface area contributed by atoms with Crippen molar-refractivity contribution in [3.8, 4) is 0 Å². The first-order chi connectivity index (χ1) is 8.79. The van der Waals surface area contributed by atoms with Crippen LogP contribution in [0.15, 0.2) is 17.3 Å². The zero-order valence-corrected chi connectivity index (χ0v) is 12.7. The lowest BCUT2D eigenvalue weighted by molar-refractivity contribution is 0.400. The molecule has 0 aliphatic carbocycles. The number of sulfonamides is 1. The maximum Gasteiger partial charge on any atom is 0.243 e. The number of likely N-dealkylation sites (tertiary alicyclic amines) is 1. The molecule has 6 nitrogen and oxygen atoms in total. The molecule has 1 aliphatic heterocycles. The van der Waals surface area contributed by atoms with Gasteiger partial charge in [-0.2, -0.15) is 5.10 Å². The minimum atomic E-state index is -3.47. The fourth-order valence-corrected chi connectivity index (χ4v) is 3.65. The van der Waals surface area contributed by atoms with Gasteiger partial charge in [0.05, 0.1) is 6.20 Å². The smallest absolute Gasteiger partial charge is 0.243 e. The van der Waals surface area contributed by atoms with Crippen molar-refractivity contribution in [1.29, 1.82) is 0 Å². The highest BCUT2D eigenvalue weighted by atomic mass is 32.2. The van der Waals surface area contributed by atoms with Gasteiger partial charge in [0.1, 0.15) is 4.90 Å². The lowest BCUT2D eigenvalue weighted by atomic mass is 10.1. The summed E-state index contributed by atoms with van der Waals surface area (Å²) in [6.45, 7) is 7.65. The van der Waals surface area contributed by atoms with Crippen molar-refractivity contribution in [1.82, 2.24) is 19.4 Å². The second-order valence-corrected chi connectivity index (χ2v) is 7.39. The third-order valence-corrected chi connectivity index (χ3v) is 4.96. The Labute approximate surface area is 114 Å². The lowest BCUT2D eigenvalue weighted by Gasteiger charge is -2.15. The highest BCUT2D eigenvalue weighted by molar-refractivity contribution is 7.89. The molecular formula is C12H22N4O2S. The molecule has 2 atom stereocenters. The van der Waals surface area contributed by atoms with E-state index in [0.717, 1.165) is 13.1 Å². The van der Waals surface area contributed by atoms with Gasteiger partial charge in [-0.15, -0.1) is 0 Å². The summed E-state index contributed by atoms with van der Waals surface area (Å²) in [5, 5.41) is 4.08. The van der Waals surface area contributed by atoms with Crippen molar-refractivity contribution in [2.24, 2.45) is 5.92 Å². The topological polar surface area (TPSA) is 67.2 Å². The summed E-state index contributed by atoms with van der Waals surface area (Å²) in [5.41, 5.74) is 0. The SMILES string of the molecule is CC(C)n1cc(S(=O)(=O)N[C@H]2CN(C)C[C@@H]2C)cn1. The third kappa shape index (κ3) is 3.16. The summed E-state index contributed by atoms with van der Waals surface area (Å²) in [6.07, 6.45) is 2.99. The molecule has 0 unspecified atom stereocenters. The van der Waals surface area contributed by atoms with Crippen LogP contribution in [0.3, 0.4) is 0 Å². The lowest BCUT2D eigenvalue weighted by Crippen LogP contribution is -2.39. The Hall–Kier alpha value is -0.920. The predicted molar refractivity (Wildman–Crippen MR) is 73.4 cm³/mol. The van der Waals surface area contributed by atoms with Gasteiger partial charge in [-0.25, -0.2) is 13.1 Å². The van der Waals surface area contributed by atoms with Gasteiger partial charge in [0.15, 0.2) is 0 Å². The standard InChI is InChI=1S/C12H22N4O2S/c1-9(2)16-7-11(5-13-16)19(17,18)14-12-8-15(4)6-10(12)3/h5,7,9-10,12,14H,6,8H2,1-4H3/t10-,12-/m0/s1. The number of nitrogens with zero attached hydrogens (tertiary/aromatic N) is 3. The second-order valence-electron chi connectivity index (χ2n) is 5.68. The molecule has 1 aromatic heterocycles. The molecule has 1 aliphatic rings. The van der Waals surface area contributed by atoms with Gasteiger partial charge in [0, 0.05) is 31.4 Å². The molecule has 108 valence electrons. The summed E-state index contributed by atoms with van der Waals surface area (Å²) >= 11 is 0. The average Bonchev–Trinajstić information content (AvgIpc) is 2.86. The molecule has 1 aromatic rings. The summed E-state index contributed by atoms with van der Waals surface area (Å²) in [5.74, 6) is 0.319. The van der Waals surface area contributed by atoms with E-state index < -0.39 is 10.0 Å². The van der Waals surface area contributed by atoms with Crippen molar-refractivity contribution in [3.63, 3.8) is 0 Å². The number of aromatic nitrogens is 2. The van der Waals surface area contributed by atoms with E-state index in [1.807, 2.05) is 20.9 Å². The quantitative estimate of drug-likeness (QED) is 0.884. The van der Waals surface area contributed by atoms with Crippen LogP contribution in [-0.4, -0.2) is 49.3 Å². The van der Waals surface area contributed by atoms with Crippen LogP contribution in [-0.2, 0) is 10.0 Å². The van der Waals surface area contributed by atoms with Crippen LogP contribution in [0, 0.1) is 5.92 Å². The van der Waals surface area contributed by atoms with Crippen LogP contribution in [0.2, 0.25) is 0 Å². The van der Waals surface area contributed by atoms with Gasteiger partial charge < -0.3 is 4.90 Å². The van der Waals surface area contributed by atoms with Crippen molar-refractivity contribution in [2.75, 3.05) is 20.1 Å². The first-order valence-electron chi connectivity index (χ1n) is 6.54. The molecule has 0 amide bonds. The fourth-order valence-electron chi connectivity index (χ4n) is 2.37. The highest BCUT2D eigenvalue weighted by Gasteiger charge is 2.31. The van der Waals surface area contributed by atoms with E-state index in [1.54, 1.807) is 10.9 Å². The molecule has 19 heavy (non-hydrogen) atoms. The van der Waals surface area contributed by atoms with E-state index in [9.17, 15) is 8.42 Å². The minimum Gasteiger partial charge on any atom is -0.304 e. The van der Waals surface area contributed by atoms with E-state index in [-0.39, 0.29) is 17.0 Å². The average molecular weight is 286 g/mol. The Balaban J connectivity index is 2.13. The maximum atomic E-state index is 12.3. The van der Waals surface area contributed by atoms with Gasteiger partial charge in [-0.05, 0) is 26.8 Å². The zero-order valence-electron chi connectivity index (χ0n) is 11.9. The van der Waals surface area contributed by atoms with Gasteiger partial charge in [0.2, 0.25) is 10.0 Å². The minimum absolute atomic E-state index is 0.0302. The first-order valence-corrected chi connectivity index (χ1v) is 8.03. The molecule has 1 saturated heterocycles. The highest BCUT2D eigenvalue weighted by Crippen LogP contribution is 2.18. The summed E-state index contributed by atoms with van der Waals surface area (Å²) in [6, 6.07) is 0.123. The molecule has 7 heteroatoms. The molecule has 2 heterocycles. The molecule has 0 bridgehead atoms. The van der Waals surface area contributed by atoms with Crippen LogP contribution in [0.5, 0.6) is 0 Å². The number of rotatable bonds is 4. The Morgan fingerprint density at radius 1 is 1.42 bits per heavy atom. The molecule has 0 saturated carbocycles.